The van der Waals surface area contributed by atoms with Crippen molar-refractivity contribution in [3.05, 3.63) is 0 Å². The highest BCUT2D eigenvalue weighted by Gasteiger charge is 2.13. The van der Waals surface area contributed by atoms with Gasteiger partial charge in [0.05, 0.1) is 13.0 Å². The summed E-state index contributed by atoms with van der Waals surface area (Å²) in [6, 6.07) is 0. The van der Waals surface area contributed by atoms with Gasteiger partial charge in [0.2, 0.25) is 5.78 Å². The van der Waals surface area contributed by atoms with Crippen LogP contribution in [0.25, 0.3) is 0 Å². The summed E-state index contributed by atoms with van der Waals surface area (Å²) in [5.74, 6) is -0.759. The first-order valence-corrected chi connectivity index (χ1v) is 4.34. The second kappa shape index (κ2) is 6.68. The molecule has 0 radical (unpaired) electrons. The topological polar surface area (TPSA) is 52.6 Å². The predicted molar refractivity (Wildman–Crippen MR) is 50.2 cm³/mol. The van der Waals surface area contributed by atoms with Crippen molar-refractivity contribution in [1.29, 1.82) is 0 Å². The van der Waals surface area contributed by atoms with Crippen molar-refractivity contribution >= 4 is 28.8 Å². The quantitative estimate of drug-likeness (QED) is 0.214. The minimum Gasteiger partial charge on any atom is -0.322 e. The molecule has 0 saturated heterocycles. The Morgan fingerprint density at radius 1 is 1.38 bits per heavy atom. The number of carbonyl (C=O) groups is 2. The number of hydrogen-bond donors (Lipinski definition) is 0. The third kappa shape index (κ3) is 6.36. The first-order chi connectivity index (χ1) is 6.07. The molecular formula is C8H12O4S. The minimum absolute atomic E-state index is 0.228. The van der Waals surface area contributed by atoms with Gasteiger partial charge in [0.25, 0.3) is 5.05 Å². The van der Waals surface area contributed by atoms with Crippen molar-refractivity contribution in [1.82, 2.24) is 0 Å². The van der Waals surface area contributed by atoms with Crippen molar-refractivity contribution in [3.63, 3.8) is 0 Å². The molecular weight excluding hydrogens is 192 g/mol. The zero-order valence-corrected chi connectivity index (χ0v) is 8.48. The van der Waals surface area contributed by atoms with E-state index in [0.717, 1.165) is 6.42 Å². The first-order valence-electron chi connectivity index (χ1n) is 3.94. The monoisotopic (exact) mass is 204 g/mol. The Balaban J connectivity index is 3.70. The Morgan fingerprint density at radius 2 is 2.00 bits per heavy atom. The zero-order valence-electron chi connectivity index (χ0n) is 7.66. The third-order valence-electron chi connectivity index (χ3n) is 1.06. The molecule has 0 aliphatic heterocycles. The first kappa shape index (κ1) is 12.2. The molecule has 0 N–H and O–H groups in total. The van der Waals surface area contributed by atoms with Crippen LogP contribution < -0.4 is 0 Å². The van der Waals surface area contributed by atoms with E-state index in [0.29, 0.717) is 6.61 Å². The molecule has 0 heterocycles. The minimum atomic E-state index is -0.515. The number of ketones is 2. The van der Waals surface area contributed by atoms with Gasteiger partial charge in [-0.3, -0.25) is 9.59 Å². The van der Waals surface area contributed by atoms with E-state index < -0.39 is 5.78 Å². The van der Waals surface area contributed by atoms with Crippen LogP contribution in [0.5, 0.6) is 0 Å². The molecule has 0 aliphatic carbocycles. The van der Waals surface area contributed by atoms with Gasteiger partial charge in [0.1, 0.15) is 5.78 Å². The third-order valence-corrected chi connectivity index (χ3v) is 1.35. The van der Waals surface area contributed by atoms with Gasteiger partial charge in [0.15, 0.2) is 0 Å². The lowest BCUT2D eigenvalue weighted by molar-refractivity contribution is -0.220. The summed E-state index contributed by atoms with van der Waals surface area (Å²) in [6.45, 7) is 3.57. The highest BCUT2D eigenvalue weighted by atomic mass is 32.1. The summed E-state index contributed by atoms with van der Waals surface area (Å²) < 4.78 is 0. The van der Waals surface area contributed by atoms with Gasteiger partial charge in [-0.15, -0.1) is 0 Å². The summed E-state index contributed by atoms with van der Waals surface area (Å²) in [4.78, 5) is 30.5. The summed E-state index contributed by atoms with van der Waals surface area (Å²) in [6.07, 6.45) is 0.540. The maximum atomic E-state index is 11.0. The van der Waals surface area contributed by atoms with Gasteiger partial charge in [-0.1, -0.05) is 6.92 Å². The maximum Gasteiger partial charge on any atom is 0.272 e. The summed E-state index contributed by atoms with van der Waals surface area (Å²) >= 11 is 4.56. The molecule has 0 amide bonds. The van der Waals surface area contributed by atoms with Gasteiger partial charge < -0.3 is 4.89 Å². The number of rotatable bonds is 6. The van der Waals surface area contributed by atoms with Crippen molar-refractivity contribution < 1.29 is 19.4 Å². The molecule has 0 aromatic rings. The van der Waals surface area contributed by atoms with Crippen LogP contribution in [0.1, 0.15) is 26.7 Å². The molecule has 5 heteroatoms. The number of carbonyl (C=O) groups excluding carboxylic acids is 2. The largest absolute Gasteiger partial charge is 0.322 e. The molecule has 13 heavy (non-hydrogen) atoms. The lowest BCUT2D eigenvalue weighted by Gasteiger charge is -2.02. The van der Waals surface area contributed by atoms with Gasteiger partial charge >= 0.3 is 0 Å². The van der Waals surface area contributed by atoms with E-state index in [2.05, 4.69) is 22.0 Å². The Bertz CT molecular complexity index is 212. The normalized spacial score (nSPS) is 9.38. The van der Waals surface area contributed by atoms with Crippen molar-refractivity contribution in [2.75, 3.05) is 6.61 Å². The average molecular weight is 204 g/mol. The van der Waals surface area contributed by atoms with Crippen LogP contribution >= 0.6 is 12.2 Å². The fourth-order valence-corrected chi connectivity index (χ4v) is 0.644. The lowest BCUT2D eigenvalue weighted by atomic mass is 10.2. The Morgan fingerprint density at radius 3 is 2.46 bits per heavy atom. The van der Waals surface area contributed by atoms with Crippen molar-refractivity contribution in [3.8, 4) is 0 Å². The molecule has 0 bridgehead atoms. The smallest absolute Gasteiger partial charge is 0.272 e. The van der Waals surface area contributed by atoms with E-state index in [9.17, 15) is 9.59 Å². The molecule has 0 aliphatic rings. The second-order valence-electron chi connectivity index (χ2n) is 2.49. The maximum absolute atomic E-state index is 11.0. The Labute approximate surface area is 82.1 Å². The molecule has 0 atom stereocenters. The predicted octanol–water partition coefficient (Wildman–Crippen LogP) is 1.22. The molecule has 0 rings (SSSR count). The molecule has 0 spiro atoms. The zero-order chi connectivity index (χ0) is 10.3. The van der Waals surface area contributed by atoms with E-state index in [1.54, 1.807) is 0 Å². The summed E-state index contributed by atoms with van der Waals surface area (Å²) in [7, 11) is 0. The fraction of sp³-hybridized carbons (Fsp3) is 0.625. The second-order valence-corrected chi connectivity index (χ2v) is 2.87. The van der Waals surface area contributed by atoms with Gasteiger partial charge in [-0.2, -0.15) is 4.89 Å². The van der Waals surface area contributed by atoms with E-state index in [1.807, 2.05) is 6.92 Å². The molecule has 74 valence electrons. The average Bonchev–Trinajstić information content (AvgIpc) is 2.03. The van der Waals surface area contributed by atoms with E-state index in [4.69, 9.17) is 0 Å². The van der Waals surface area contributed by atoms with Crippen LogP contribution in [0, 0.1) is 0 Å². The van der Waals surface area contributed by atoms with Crippen LogP contribution in [0.15, 0.2) is 0 Å². The molecule has 0 unspecified atom stereocenters. The number of Topliss-reactive ketones (excluding diaryl/α,β-unsaturated/α-hetero) is 2. The number of hydrogen-bond acceptors (Lipinski definition) is 5. The molecule has 0 saturated carbocycles. The van der Waals surface area contributed by atoms with Crippen LogP contribution in [0.3, 0.4) is 0 Å². The SMILES string of the molecule is CCCOOC(=S)C(=O)CC(C)=O. The van der Waals surface area contributed by atoms with E-state index in [1.165, 1.54) is 6.92 Å². The lowest BCUT2D eigenvalue weighted by Crippen LogP contribution is -2.18. The standard InChI is InChI=1S/C8H12O4S/c1-3-4-11-12-8(13)7(10)5-6(2)9/h3-5H2,1-2H3. The fourth-order valence-electron chi connectivity index (χ4n) is 0.523. The van der Waals surface area contributed by atoms with E-state index in [-0.39, 0.29) is 17.3 Å². The molecule has 0 aromatic heterocycles. The summed E-state index contributed by atoms with van der Waals surface area (Å²) in [5, 5.41) is -0.288. The molecule has 0 fully saturated rings. The van der Waals surface area contributed by atoms with Crippen LogP contribution in [0.4, 0.5) is 0 Å². The van der Waals surface area contributed by atoms with Crippen LogP contribution in [-0.4, -0.2) is 23.2 Å². The van der Waals surface area contributed by atoms with Crippen molar-refractivity contribution in [2.45, 2.75) is 26.7 Å². The highest BCUT2D eigenvalue weighted by molar-refractivity contribution is 7.81. The van der Waals surface area contributed by atoms with Gasteiger partial charge in [-0.25, -0.2) is 0 Å². The summed E-state index contributed by atoms with van der Waals surface area (Å²) in [5.41, 5.74) is 0. The molecule has 0 aromatic carbocycles. The van der Waals surface area contributed by atoms with Crippen molar-refractivity contribution in [2.24, 2.45) is 0 Å². The van der Waals surface area contributed by atoms with Gasteiger partial charge in [-0.05, 0) is 25.6 Å². The Hall–Kier alpha value is -0.810. The van der Waals surface area contributed by atoms with E-state index >= 15 is 0 Å². The van der Waals surface area contributed by atoms with Crippen LogP contribution in [0.2, 0.25) is 0 Å². The van der Waals surface area contributed by atoms with Crippen LogP contribution in [-0.2, 0) is 19.4 Å². The Kier molecular flexibility index (Phi) is 6.26. The molecule has 4 nitrogen and oxygen atoms in total. The van der Waals surface area contributed by atoms with Gasteiger partial charge in [0, 0.05) is 0 Å². The number of thiocarbonyl (C=S) groups is 1. The highest BCUT2D eigenvalue weighted by Crippen LogP contribution is 1.93.